The molecule has 1 heterocycles. The van der Waals surface area contributed by atoms with Crippen LogP contribution in [0.2, 0.25) is 0 Å². The van der Waals surface area contributed by atoms with Crippen LogP contribution in [0, 0.1) is 25.2 Å². The molecule has 0 atom stereocenters. The molecule has 3 rings (SSSR count). The number of hydrogen-bond acceptors (Lipinski definition) is 7. The number of aromatic nitrogens is 1. The number of esters is 1. The van der Waals surface area contributed by atoms with Gasteiger partial charge >= 0.3 is 5.97 Å². The summed E-state index contributed by atoms with van der Waals surface area (Å²) in [6.45, 7) is 3.36. The Balaban J connectivity index is 1.63. The van der Waals surface area contributed by atoms with Gasteiger partial charge in [-0.25, -0.2) is 4.79 Å². The highest BCUT2D eigenvalue weighted by molar-refractivity contribution is 7.98. The standard InChI is InChI=1S/C23H27N3O4S/c1-16-19(17(2)30-25-16)14-31-20-10-6-5-9-18(20)22(28)29-13-21(27)26(3)23(15-24)11-7-4-8-12-23/h5-6,9-10H,4,7-8,11-14H2,1-3H3. The van der Waals surface area contributed by atoms with Crippen molar-refractivity contribution >= 4 is 23.6 Å². The molecular weight excluding hydrogens is 414 g/mol. The molecule has 31 heavy (non-hydrogen) atoms. The lowest BCUT2D eigenvalue weighted by atomic mass is 9.81. The number of benzene rings is 1. The molecule has 0 unspecified atom stereocenters. The number of carbonyl (C=O) groups is 2. The first-order valence-corrected chi connectivity index (χ1v) is 11.3. The highest BCUT2D eigenvalue weighted by Crippen LogP contribution is 2.33. The van der Waals surface area contributed by atoms with Crippen LogP contribution in [0.4, 0.5) is 0 Å². The number of aryl methyl sites for hydroxylation is 2. The lowest BCUT2D eigenvalue weighted by Crippen LogP contribution is -2.51. The van der Waals surface area contributed by atoms with Crippen molar-refractivity contribution in [1.82, 2.24) is 10.1 Å². The van der Waals surface area contributed by atoms with Gasteiger partial charge in [-0.2, -0.15) is 5.26 Å². The van der Waals surface area contributed by atoms with Crippen LogP contribution in [-0.4, -0.2) is 41.1 Å². The van der Waals surface area contributed by atoms with Gasteiger partial charge in [0.05, 0.1) is 17.3 Å². The van der Waals surface area contributed by atoms with Gasteiger partial charge in [0.25, 0.3) is 5.91 Å². The van der Waals surface area contributed by atoms with Crippen LogP contribution in [0.1, 0.15) is 59.5 Å². The van der Waals surface area contributed by atoms with E-state index in [-0.39, 0.29) is 12.5 Å². The second kappa shape index (κ2) is 10.0. The zero-order valence-corrected chi connectivity index (χ0v) is 19.0. The summed E-state index contributed by atoms with van der Waals surface area (Å²) in [7, 11) is 1.62. The molecule has 8 heteroatoms. The second-order valence-electron chi connectivity index (χ2n) is 7.82. The summed E-state index contributed by atoms with van der Waals surface area (Å²) < 4.78 is 10.5. The Morgan fingerprint density at radius 1 is 1.26 bits per heavy atom. The minimum Gasteiger partial charge on any atom is -0.452 e. The predicted octanol–water partition coefficient (Wildman–Crippen LogP) is 4.43. The molecule has 1 amide bonds. The van der Waals surface area contributed by atoms with Crippen LogP contribution in [-0.2, 0) is 15.3 Å². The van der Waals surface area contributed by atoms with E-state index in [0.29, 0.717) is 24.2 Å². The number of hydrogen-bond donors (Lipinski definition) is 0. The molecule has 0 bridgehead atoms. The molecule has 7 nitrogen and oxygen atoms in total. The highest BCUT2D eigenvalue weighted by Gasteiger charge is 2.39. The van der Waals surface area contributed by atoms with Gasteiger partial charge in [-0.15, -0.1) is 11.8 Å². The van der Waals surface area contributed by atoms with Gasteiger partial charge in [0.1, 0.15) is 11.3 Å². The Bertz CT molecular complexity index is 969. The molecule has 1 aromatic carbocycles. The zero-order chi connectivity index (χ0) is 22.4. The van der Waals surface area contributed by atoms with Gasteiger partial charge in [-0.05, 0) is 38.8 Å². The minimum absolute atomic E-state index is 0.363. The normalized spacial score (nSPS) is 15.2. The van der Waals surface area contributed by atoms with E-state index < -0.39 is 11.5 Å². The fourth-order valence-corrected chi connectivity index (χ4v) is 5.01. The SMILES string of the molecule is Cc1noc(C)c1CSc1ccccc1C(=O)OCC(=O)N(C)C1(C#N)CCCCC1. The summed E-state index contributed by atoms with van der Waals surface area (Å²) in [4.78, 5) is 27.6. The van der Waals surface area contributed by atoms with Crippen molar-refractivity contribution in [2.45, 2.75) is 62.1 Å². The zero-order valence-electron chi connectivity index (χ0n) is 18.1. The van der Waals surface area contributed by atoms with Crippen molar-refractivity contribution in [2.24, 2.45) is 0 Å². The molecule has 0 saturated heterocycles. The molecule has 2 aromatic rings. The average Bonchev–Trinajstić information content (AvgIpc) is 3.12. The summed E-state index contributed by atoms with van der Waals surface area (Å²) in [5, 5.41) is 13.6. The molecule has 0 spiro atoms. The number of carbonyl (C=O) groups excluding carboxylic acids is 2. The molecule has 164 valence electrons. The molecule has 0 radical (unpaired) electrons. The summed E-state index contributed by atoms with van der Waals surface area (Å²) in [5.41, 5.74) is 1.43. The number of nitrogens with zero attached hydrogens (tertiary/aromatic N) is 3. The van der Waals surface area contributed by atoms with E-state index in [4.69, 9.17) is 9.26 Å². The molecule has 1 aromatic heterocycles. The molecule has 1 aliphatic rings. The fourth-order valence-electron chi connectivity index (χ4n) is 3.82. The van der Waals surface area contributed by atoms with E-state index in [9.17, 15) is 14.9 Å². The third kappa shape index (κ3) is 5.10. The van der Waals surface area contributed by atoms with Crippen LogP contribution >= 0.6 is 11.8 Å². The summed E-state index contributed by atoms with van der Waals surface area (Å²) in [6.07, 6.45) is 4.21. The van der Waals surface area contributed by atoms with Crippen molar-refractivity contribution in [3.05, 3.63) is 46.8 Å². The van der Waals surface area contributed by atoms with Crippen LogP contribution in [0.15, 0.2) is 33.7 Å². The number of thioether (sulfide) groups is 1. The van der Waals surface area contributed by atoms with E-state index in [1.54, 1.807) is 19.2 Å². The fraction of sp³-hybridized carbons (Fsp3) is 0.478. The van der Waals surface area contributed by atoms with Crippen LogP contribution < -0.4 is 0 Å². The lowest BCUT2D eigenvalue weighted by molar-refractivity contribution is -0.138. The Morgan fingerprint density at radius 2 is 1.97 bits per heavy atom. The van der Waals surface area contributed by atoms with Gasteiger partial charge in [0.2, 0.25) is 0 Å². The number of rotatable bonds is 7. The van der Waals surface area contributed by atoms with E-state index in [2.05, 4.69) is 11.2 Å². The van der Waals surface area contributed by atoms with E-state index in [1.807, 2.05) is 26.0 Å². The Hall–Kier alpha value is -2.79. The van der Waals surface area contributed by atoms with Crippen molar-refractivity contribution in [3.8, 4) is 6.07 Å². The Kier molecular flexibility index (Phi) is 7.39. The maximum absolute atomic E-state index is 12.7. The average molecular weight is 442 g/mol. The molecule has 1 saturated carbocycles. The largest absolute Gasteiger partial charge is 0.452 e. The first-order chi connectivity index (χ1) is 14.9. The third-order valence-electron chi connectivity index (χ3n) is 5.89. The van der Waals surface area contributed by atoms with Gasteiger partial charge in [-0.1, -0.05) is 36.6 Å². The lowest BCUT2D eigenvalue weighted by Gasteiger charge is -2.38. The minimum atomic E-state index is -0.802. The smallest absolute Gasteiger partial charge is 0.339 e. The van der Waals surface area contributed by atoms with Gasteiger partial charge < -0.3 is 14.2 Å². The van der Waals surface area contributed by atoms with Crippen molar-refractivity contribution < 1.29 is 18.8 Å². The van der Waals surface area contributed by atoms with Crippen LogP contribution in [0.3, 0.4) is 0 Å². The molecule has 1 aliphatic carbocycles. The number of nitriles is 1. The number of amides is 1. The van der Waals surface area contributed by atoms with E-state index >= 15 is 0 Å². The van der Waals surface area contributed by atoms with E-state index in [0.717, 1.165) is 41.2 Å². The van der Waals surface area contributed by atoms with Crippen LogP contribution in [0.25, 0.3) is 0 Å². The van der Waals surface area contributed by atoms with Gasteiger partial charge in [-0.3, -0.25) is 4.79 Å². The third-order valence-corrected chi connectivity index (χ3v) is 6.99. The monoisotopic (exact) mass is 441 g/mol. The Labute approximate surface area is 186 Å². The summed E-state index contributed by atoms with van der Waals surface area (Å²) >= 11 is 1.49. The molecule has 1 fully saturated rings. The van der Waals surface area contributed by atoms with Crippen molar-refractivity contribution in [2.75, 3.05) is 13.7 Å². The van der Waals surface area contributed by atoms with E-state index in [1.165, 1.54) is 16.7 Å². The summed E-state index contributed by atoms with van der Waals surface area (Å²) in [6, 6.07) is 9.46. The van der Waals surface area contributed by atoms with Gasteiger partial charge in [0, 0.05) is 23.3 Å². The maximum atomic E-state index is 12.7. The Morgan fingerprint density at radius 3 is 2.61 bits per heavy atom. The van der Waals surface area contributed by atoms with Gasteiger partial charge in [0.15, 0.2) is 6.61 Å². The predicted molar refractivity (Wildman–Crippen MR) is 116 cm³/mol. The number of ether oxygens (including phenoxy) is 1. The first-order valence-electron chi connectivity index (χ1n) is 10.4. The van der Waals surface area contributed by atoms with Crippen molar-refractivity contribution in [1.29, 1.82) is 5.26 Å². The quantitative estimate of drug-likeness (QED) is 0.463. The maximum Gasteiger partial charge on any atom is 0.339 e. The first kappa shape index (κ1) is 22.9. The van der Waals surface area contributed by atoms with Crippen LogP contribution in [0.5, 0.6) is 0 Å². The molecule has 0 aliphatic heterocycles. The van der Waals surface area contributed by atoms with Crippen molar-refractivity contribution in [3.63, 3.8) is 0 Å². The molecule has 0 N–H and O–H groups in total. The highest BCUT2D eigenvalue weighted by atomic mass is 32.2. The molecular formula is C23H27N3O4S. The topological polar surface area (TPSA) is 96.4 Å². The second-order valence-corrected chi connectivity index (χ2v) is 8.84. The number of likely N-dealkylation sites (N-methyl/N-ethyl adjacent to an activating group) is 1. The summed E-state index contributed by atoms with van der Waals surface area (Å²) in [5.74, 6) is 0.446.